The quantitative estimate of drug-likeness (QED) is 0.676. The highest BCUT2D eigenvalue weighted by atomic mass is 16.3. The predicted molar refractivity (Wildman–Crippen MR) is 101 cm³/mol. The van der Waals surface area contributed by atoms with Crippen LogP contribution in [0.1, 0.15) is 30.1 Å². The van der Waals surface area contributed by atoms with Gasteiger partial charge in [0.05, 0.1) is 31.1 Å². The fraction of sp³-hybridized carbons (Fsp3) is 0.300. The lowest BCUT2D eigenvalue weighted by atomic mass is 9.93. The number of aromatic nitrogens is 2. The molecule has 4 rings (SSSR count). The normalized spacial score (nSPS) is 16.3. The Morgan fingerprint density at radius 3 is 2.96 bits per heavy atom. The summed E-state index contributed by atoms with van der Waals surface area (Å²) in [6.45, 7) is 0.554. The van der Waals surface area contributed by atoms with Crippen molar-refractivity contribution in [3.8, 4) is 0 Å². The number of carbonyl (C=O) groups is 1. The summed E-state index contributed by atoms with van der Waals surface area (Å²) in [5, 5.41) is 21.7. The molecule has 0 spiro atoms. The number of carbonyl (C=O) groups excluding carboxylic acids is 1. The number of nitrogens with zero attached hydrogens (tertiary/aromatic N) is 2. The molecule has 2 amide bonds. The summed E-state index contributed by atoms with van der Waals surface area (Å²) in [6, 6.07) is 13.6. The SMILES string of the molecule is O=C(Nc1cccc2ccccc12)NC1CCCc2c1cnn2CCO. The van der Waals surface area contributed by atoms with Crippen LogP contribution in [0.5, 0.6) is 0 Å². The molecular formula is C20H22N4O2. The number of amides is 2. The average molecular weight is 350 g/mol. The van der Waals surface area contributed by atoms with E-state index < -0.39 is 0 Å². The minimum Gasteiger partial charge on any atom is -0.394 e. The molecule has 26 heavy (non-hydrogen) atoms. The molecule has 1 atom stereocenters. The smallest absolute Gasteiger partial charge is 0.319 e. The molecule has 0 saturated heterocycles. The van der Waals surface area contributed by atoms with Crippen LogP contribution in [0.25, 0.3) is 10.8 Å². The molecule has 0 fully saturated rings. The van der Waals surface area contributed by atoms with Crippen LogP contribution in [0.4, 0.5) is 10.5 Å². The molecule has 3 aromatic rings. The molecule has 0 bridgehead atoms. The number of rotatable bonds is 4. The predicted octanol–water partition coefficient (Wildman–Crippen LogP) is 3.23. The van der Waals surface area contributed by atoms with E-state index in [2.05, 4.69) is 15.7 Å². The van der Waals surface area contributed by atoms with Crippen LogP contribution >= 0.6 is 0 Å². The van der Waals surface area contributed by atoms with E-state index in [1.165, 1.54) is 0 Å². The molecule has 134 valence electrons. The van der Waals surface area contributed by atoms with Gasteiger partial charge in [-0.15, -0.1) is 0 Å². The first-order valence-corrected chi connectivity index (χ1v) is 8.97. The van der Waals surface area contributed by atoms with Gasteiger partial charge in [0, 0.05) is 16.6 Å². The van der Waals surface area contributed by atoms with Crippen molar-refractivity contribution in [3.05, 3.63) is 59.9 Å². The zero-order valence-electron chi connectivity index (χ0n) is 14.5. The molecular weight excluding hydrogens is 328 g/mol. The fourth-order valence-electron chi connectivity index (χ4n) is 3.71. The Balaban J connectivity index is 1.51. The number of hydrogen-bond donors (Lipinski definition) is 3. The molecule has 6 heteroatoms. The zero-order valence-corrected chi connectivity index (χ0v) is 14.5. The van der Waals surface area contributed by atoms with Crippen molar-refractivity contribution in [1.29, 1.82) is 0 Å². The van der Waals surface area contributed by atoms with Gasteiger partial charge in [-0.1, -0.05) is 36.4 Å². The molecule has 0 aliphatic heterocycles. The number of aliphatic hydroxyl groups excluding tert-OH is 1. The summed E-state index contributed by atoms with van der Waals surface area (Å²) in [6.07, 6.45) is 4.62. The Bertz CT molecular complexity index is 929. The molecule has 1 aliphatic carbocycles. The Kier molecular flexibility index (Phi) is 4.58. The van der Waals surface area contributed by atoms with Gasteiger partial charge in [0.25, 0.3) is 0 Å². The second kappa shape index (κ2) is 7.17. The third kappa shape index (κ3) is 3.15. The summed E-state index contributed by atoms with van der Waals surface area (Å²) in [4.78, 5) is 12.6. The van der Waals surface area contributed by atoms with Gasteiger partial charge in [-0.2, -0.15) is 5.10 Å². The first-order valence-electron chi connectivity index (χ1n) is 8.97. The fourth-order valence-corrected chi connectivity index (χ4v) is 3.71. The van der Waals surface area contributed by atoms with E-state index in [1.807, 2.05) is 53.3 Å². The van der Waals surface area contributed by atoms with Gasteiger partial charge < -0.3 is 15.7 Å². The molecule has 1 heterocycles. The second-order valence-electron chi connectivity index (χ2n) is 6.56. The van der Waals surface area contributed by atoms with Crippen molar-refractivity contribution in [2.24, 2.45) is 0 Å². The third-order valence-electron chi connectivity index (χ3n) is 4.92. The van der Waals surface area contributed by atoms with E-state index in [1.54, 1.807) is 0 Å². The van der Waals surface area contributed by atoms with Gasteiger partial charge in [0.2, 0.25) is 0 Å². The van der Waals surface area contributed by atoms with Crippen molar-refractivity contribution in [1.82, 2.24) is 15.1 Å². The maximum absolute atomic E-state index is 12.6. The highest BCUT2D eigenvalue weighted by molar-refractivity contribution is 6.01. The van der Waals surface area contributed by atoms with Gasteiger partial charge in [-0.3, -0.25) is 4.68 Å². The summed E-state index contributed by atoms with van der Waals surface area (Å²) >= 11 is 0. The van der Waals surface area contributed by atoms with Gasteiger partial charge in [0.1, 0.15) is 0 Å². The Morgan fingerprint density at radius 1 is 1.23 bits per heavy atom. The van der Waals surface area contributed by atoms with Crippen molar-refractivity contribution < 1.29 is 9.90 Å². The Labute approximate surface area is 151 Å². The zero-order chi connectivity index (χ0) is 17.9. The molecule has 3 N–H and O–H groups in total. The van der Waals surface area contributed by atoms with Crippen LogP contribution in [0.2, 0.25) is 0 Å². The molecule has 0 radical (unpaired) electrons. The molecule has 1 aromatic heterocycles. The summed E-state index contributed by atoms with van der Waals surface area (Å²) in [7, 11) is 0. The standard InChI is InChI=1S/C20H22N4O2/c25-12-11-24-19-10-4-9-18(16(19)13-21-24)23-20(26)22-17-8-3-6-14-5-1-2-7-15(14)17/h1-3,5-8,13,18,25H,4,9-12H2,(H2,22,23,26). The lowest BCUT2D eigenvalue weighted by Gasteiger charge is -2.24. The first-order chi connectivity index (χ1) is 12.8. The lowest BCUT2D eigenvalue weighted by molar-refractivity contribution is 0.246. The van der Waals surface area contributed by atoms with Gasteiger partial charge >= 0.3 is 6.03 Å². The molecule has 1 unspecified atom stereocenters. The maximum Gasteiger partial charge on any atom is 0.319 e. The maximum atomic E-state index is 12.6. The molecule has 2 aromatic carbocycles. The van der Waals surface area contributed by atoms with E-state index in [9.17, 15) is 4.79 Å². The first kappa shape index (κ1) is 16.6. The minimum absolute atomic E-state index is 0.0545. The average Bonchev–Trinajstić information content (AvgIpc) is 3.07. The molecule has 1 aliphatic rings. The third-order valence-corrected chi connectivity index (χ3v) is 4.92. The highest BCUT2D eigenvalue weighted by Gasteiger charge is 2.25. The van der Waals surface area contributed by atoms with Crippen LogP contribution < -0.4 is 10.6 Å². The summed E-state index contributed by atoms with van der Waals surface area (Å²) in [5.74, 6) is 0. The number of fused-ring (bicyclic) bond motifs is 2. The molecule has 6 nitrogen and oxygen atoms in total. The highest BCUT2D eigenvalue weighted by Crippen LogP contribution is 2.30. The number of hydrogen-bond acceptors (Lipinski definition) is 3. The number of benzene rings is 2. The number of urea groups is 1. The number of aliphatic hydroxyl groups is 1. The van der Waals surface area contributed by atoms with Crippen molar-refractivity contribution in [2.45, 2.75) is 31.8 Å². The monoisotopic (exact) mass is 350 g/mol. The van der Waals surface area contributed by atoms with Crippen LogP contribution in [-0.4, -0.2) is 27.5 Å². The van der Waals surface area contributed by atoms with Gasteiger partial charge in [0.15, 0.2) is 0 Å². The van der Waals surface area contributed by atoms with Crippen LogP contribution in [0.15, 0.2) is 48.7 Å². The number of nitrogens with one attached hydrogen (secondary N) is 2. The van der Waals surface area contributed by atoms with E-state index in [0.29, 0.717) is 6.54 Å². The lowest BCUT2D eigenvalue weighted by Crippen LogP contribution is -2.34. The topological polar surface area (TPSA) is 79.2 Å². The van der Waals surface area contributed by atoms with E-state index in [4.69, 9.17) is 5.11 Å². The summed E-state index contributed by atoms with van der Waals surface area (Å²) in [5.41, 5.74) is 2.96. The van der Waals surface area contributed by atoms with E-state index in [-0.39, 0.29) is 18.7 Å². The Morgan fingerprint density at radius 2 is 2.08 bits per heavy atom. The van der Waals surface area contributed by atoms with Crippen LogP contribution in [0.3, 0.4) is 0 Å². The van der Waals surface area contributed by atoms with Crippen molar-refractivity contribution >= 4 is 22.5 Å². The Hall–Kier alpha value is -2.86. The van der Waals surface area contributed by atoms with Gasteiger partial charge in [-0.25, -0.2) is 4.79 Å². The summed E-state index contributed by atoms with van der Waals surface area (Å²) < 4.78 is 1.84. The van der Waals surface area contributed by atoms with Crippen LogP contribution in [-0.2, 0) is 13.0 Å². The number of anilines is 1. The van der Waals surface area contributed by atoms with Gasteiger partial charge in [-0.05, 0) is 30.7 Å². The largest absolute Gasteiger partial charge is 0.394 e. The van der Waals surface area contributed by atoms with Crippen molar-refractivity contribution in [3.63, 3.8) is 0 Å². The van der Waals surface area contributed by atoms with E-state index >= 15 is 0 Å². The van der Waals surface area contributed by atoms with E-state index in [0.717, 1.165) is 47.0 Å². The molecule has 0 saturated carbocycles. The second-order valence-corrected chi connectivity index (χ2v) is 6.56. The van der Waals surface area contributed by atoms with Crippen molar-refractivity contribution in [2.75, 3.05) is 11.9 Å². The van der Waals surface area contributed by atoms with Crippen LogP contribution in [0, 0.1) is 0 Å². The minimum atomic E-state index is -0.214.